The second-order valence-electron chi connectivity index (χ2n) is 5.14. The second-order valence-corrected chi connectivity index (χ2v) is 5.14. The van der Waals surface area contributed by atoms with Crippen LogP contribution in [0.2, 0.25) is 0 Å². The van der Waals surface area contributed by atoms with Gasteiger partial charge >= 0.3 is 0 Å². The van der Waals surface area contributed by atoms with E-state index in [4.69, 9.17) is 6.42 Å². The van der Waals surface area contributed by atoms with E-state index in [0.29, 0.717) is 19.0 Å². The van der Waals surface area contributed by atoms with Gasteiger partial charge in [0, 0.05) is 12.0 Å². The predicted octanol–water partition coefficient (Wildman–Crippen LogP) is 2.91. The third-order valence-electron chi connectivity index (χ3n) is 2.96. The average Bonchev–Trinajstić information content (AvgIpc) is 2.42. The summed E-state index contributed by atoms with van der Waals surface area (Å²) in [5.41, 5.74) is 0.877. The summed E-state index contributed by atoms with van der Waals surface area (Å²) >= 11 is 0. The zero-order valence-electron chi connectivity index (χ0n) is 12.7. The van der Waals surface area contributed by atoms with Crippen molar-refractivity contribution in [2.45, 2.75) is 26.2 Å². The van der Waals surface area contributed by atoms with Crippen molar-refractivity contribution in [1.29, 1.82) is 0 Å². The molecule has 0 saturated heterocycles. The van der Waals surface area contributed by atoms with E-state index in [1.54, 1.807) is 12.1 Å². The lowest BCUT2D eigenvalue weighted by Crippen LogP contribution is -2.38. The van der Waals surface area contributed by atoms with Crippen LogP contribution in [0, 0.1) is 18.2 Å². The van der Waals surface area contributed by atoms with Crippen LogP contribution >= 0.6 is 24.0 Å². The van der Waals surface area contributed by atoms with Crippen molar-refractivity contribution in [1.82, 2.24) is 10.6 Å². The van der Waals surface area contributed by atoms with Crippen molar-refractivity contribution >= 4 is 29.9 Å². The molecule has 0 unspecified atom stereocenters. The molecule has 1 aromatic carbocycles. The van der Waals surface area contributed by atoms with Crippen molar-refractivity contribution in [2.24, 2.45) is 4.99 Å². The number of rotatable bonds is 5. The Morgan fingerprint density at radius 3 is 2.43 bits per heavy atom. The Hall–Kier alpha value is -1.29. The van der Waals surface area contributed by atoms with E-state index in [0.717, 1.165) is 12.1 Å². The second kappa shape index (κ2) is 9.61. The van der Waals surface area contributed by atoms with Gasteiger partial charge in [-0.3, -0.25) is 4.99 Å². The number of nitrogens with zero attached hydrogens (tertiary/aromatic N) is 1. The van der Waals surface area contributed by atoms with Crippen LogP contribution in [0.5, 0.6) is 0 Å². The molecule has 0 aliphatic rings. The van der Waals surface area contributed by atoms with Crippen LogP contribution in [0.4, 0.5) is 4.39 Å². The normalized spacial score (nSPS) is 11.3. The van der Waals surface area contributed by atoms with Gasteiger partial charge in [-0.25, -0.2) is 4.39 Å². The Morgan fingerprint density at radius 1 is 1.29 bits per heavy atom. The van der Waals surface area contributed by atoms with Gasteiger partial charge in [0.2, 0.25) is 0 Å². The van der Waals surface area contributed by atoms with E-state index < -0.39 is 0 Å². The highest BCUT2D eigenvalue weighted by Gasteiger charge is 2.20. The summed E-state index contributed by atoms with van der Waals surface area (Å²) in [6, 6.07) is 6.55. The number of nitrogens with one attached hydrogen (secondary N) is 2. The standard InChI is InChI=1S/C16H22FN3.HI/c1-5-11-19-15(18-6-2)20-12-16(3,4)13-7-9-14(17)10-8-13;/h1,7-10H,6,11-12H2,2-4H3,(H2,18,19,20);1H. The number of aliphatic imine (C=N–C) groups is 1. The van der Waals surface area contributed by atoms with Gasteiger partial charge in [0.1, 0.15) is 5.82 Å². The zero-order chi connectivity index (χ0) is 15.0. The molecule has 0 radical (unpaired) electrons. The minimum absolute atomic E-state index is 0. The Morgan fingerprint density at radius 2 is 1.90 bits per heavy atom. The molecule has 0 aromatic heterocycles. The van der Waals surface area contributed by atoms with Crippen LogP contribution in [-0.2, 0) is 5.41 Å². The lowest BCUT2D eigenvalue weighted by molar-refractivity contribution is 0.535. The van der Waals surface area contributed by atoms with Crippen molar-refractivity contribution in [3.05, 3.63) is 35.6 Å². The van der Waals surface area contributed by atoms with E-state index >= 15 is 0 Å². The summed E-state index contributed by atoms with van der Waals surface area (Å²) in [5, 5.41) is 6.18. The maximum atomic E-state index is 13.0. The molecule has 0 saturated carbocycles. The number of guanidine groups is 1. The van der Waals surface area contributed by atoms with Crippen LogP contribution < -0.4 is 10.6 Å². The molecule has 3 nitrogen and oxygen atoms in total. The summed E-state index contributed by atoms with van der Waals surface area (Å²) in [6.07, 6.45) is 5.23. The molecule has 0 amide bonds. The quantitative estimate of drug-likeness (QED) is 0.343. The summed E-state index contributed by atoms with van der Waals surface area (Å²) < 4.78 is 13.0. The molecule has 0 fully saturated rings. The van der Waals surface area contributed by atoms with Crippen molar-refractivity contribution in [3.8, 4) is 12.3 Å². The van der Waals surface area contributed by atoms with Gasteiger partial charge in [-0.2, -0.15) is 0 Å². The fourth-order valence-corrected chi connectivity index (χ4v) is 1.75. The Balaban J connectivity index is 0.00000400. The number of halogens is 2. The van der Waals surface area contributed by atoms with Crippen LogP contribution in [0.3, 0.4) is 0 Å². The molecule has 0 spiro atoms. The molecule has 0 bridgehead atoms. The van der Waals surface area contributed by atoms with E-state index in [1.165, 1.54) is 12.1 Å². The molecule has 0 atom stereocenters. The summed E-state index contributed by atoms with van der Waals surface area (Å²) in [6.45, 7) is 7.94. The van der Waals surface area contributed by atoms with Crippen LogP contribution in [0.1, 0.15) is 26.3 Å². The number of hydrogen-bond donors (Lipinski definition) is 2. The molecule has 21 heavy (non-hydrogen) atoms. The highest BCUT2D eigenvalue weighted by atomic mass is 127. The van der Waals surface area contributed by atoms with Crippen LogP contribution in [0.25, 0.3) is 0 Å². The van der Waals surface area contributed by atoms with Crippen LogP contribution in [-0.4, -0.2) is 25.6 Å². The number of hydrogen-bond acceptors (Lipinski definition) is 1. The van der Waals surface area contributed by atoms with E-state index in [-0.39, 0.29) is 35.2 Å². The first-order chi connectivity index (χ1) is 9.49. The molecule has 0 aliphatic carbocycles. The van der Waals surface area contributed by atoms with E-state index in [1.807, 2.05) is 6.92 Å². The predicted molar refractivity (Wildman–Crippen MR) is 97.7 cm³/mol. The lowest BCUT2D eigenvalue weighted by atomic mass is 9.85. The largest absolute Gasteiger partial charge is 0.357 e. The molecule has 0 heterocycles. The third kappa shape index (κ3) is 6.80. The van der Waals surface area contributed by atoms with Crippen molar-refractivity contribution < 1.29 is 4.39 Å². The minimum atomic E-state index is -0.225. The number of terminal acetylenes is 1. The van der Waals surface area contributed by atoms with Gasteiger partial charge in [0.15, 0.2) is 5.96 Å². The Labute approximate surface area is 143 Å². The minimum Gasteiger partial charge on any atom is -0.357 e. The lowest BCUT2D eigenvalue weighted by Gasteiger charge is -2.23. The van der Waals surface area contributed by atoms with Gasteiger partial charge in [0.25, 0.3) is 0 Å². The van der Waals surface area contributed by atoms with Gasteiger partial charge < -0.3 is 10.6 Å². The molecule has 1 rings (SSSR count). The smallest absolute Gasteiger partial charge is 0.192 e. The van der Waals surface area contributed by atoms with Gasteiger partial charge in [-0.05, 0) is 24.6 Å². The van der Waals surface area contributed by atoms with Gasteiger partial charge in [0.05, 0.1) is 13.1 Å². The molecule has 0 aliphatic heterocycles. The molecular weight excluding hydrogens is 380 g/mol. The topological polar surface area (TPSA) is 36.4 Å². The zero-order valence-corrected chi connectivity index (χ0v) is 15.1. The fraction of sp³-hybridized carbons (Fsp3) is 0.438. The molecule has 5 heteroatoms. The molecule has 1 aromatic rings. The first kappa shape index (κ1) is 19.7. The Kier molecular flexibility index (Phi) is 9.02. The molecular formula is C16H23FIN3. The summed E-state index contributed by atoms with van der Waals surface area (Å²) in [7, 11) is 0. The van der Waals surface area contributed by atoms with Crippen molar-refractivity contribution in [3.63, 3.8) is 0 Å². The third-order valence-corrected chi connectivity index (χ3v) is 2.96. The first-order valence-corrected chi connectivity index (χ1v) is 6.71. The van der Waals surface area contributed by atoms with E-state index in [9.17, 15) is 4.39 Å². The highest BCUT2D eigenvalue weighted by molar-refractivity contribution is 14.0. The number of benzene rings is 1. The SMILES string of the molecule is C#CCNC(=NCC(C)(C)c1ccc(F)cc1)NCC.I. The molecule has 116 valence electrons. The maximum Gasteiger partial charge on any atom is 0.192 e. The highest BCUT2D eigenvalue weighted by Crippen LogP contribution is 2.23. The van der Waals surface area contributed by atoms with Crippen molar-refractivity contribution in [2.75, 3.05) is 19.6 Å². The first-order valence-electron chi connectivity index (χ1n) is 6.71. The monoisotopic (exact) mass is 403 g/mol. The summed E-state index contributed by atoms with van der Waals surface area (Å²) in [5.74, 6) is 2.99. The summed E-state index contributed by atoms with van der Waals surface area (Å²) in [4.78, 5) is 4.53. The molecule has 2 N–H and O–H groups in total. The average molecular weight is 403 g/mol. The maximum absolute atomic E-state index is 13.0. The van der Waals surface area contributed by atoms with Gasteiger partial charge in [-0.1, -0.05) is 31.9 Å². The fourth-order valence-electron chi connectivity index (χ4n) is 1.75. The van der Waals surface area contributed by atoms with Crippen LogP contribution in [0.15, 0.2) is 29.3 Å². The Bertz CT molecular complexity index is 489. The van der Waals surface area contributed by atoms with Gasteiger partial charge in [-0.15, -0.1) is 30.4 Å². The van der Waals surface area contributed by atoms with E-state index in [2.05, 4.69) is 35.4 Å².